The zero-order valence-electron chi connectivity index (χ0n) is 18.2. The molecule has 0 radical (unpaired) electrons. The van der Waals surface area contributed by atoms with Gasteiger partial charge in [0.1, 0.15) is 5.75 Å². The minimum Gasteiger partial charge on any atom is -0.484 e. The summed E-state index contributed by atoms with van der Waals surface area (Å²) in [6.45, 7) is 2.94. The molecule has 0 unspecified atom stereocenters. The molecule has 0 aliphatic rings. The quantitative estimate of drug-likeness (QED) is 0.444. The van der Waals surface area contributed by atoms with E-state index >= 15 is 0 Å². The SMILES string of the molecule is CC(=O)Nc1ccc(NC(=O)COc2ccc(S(=O)(=O)N[C@@H](C)c3ccccc3)cc2)cc1. The van der Waals surface area contributed by atoms with Crippen LogP contribution < -0.4 is 20.1 Å². The van der Waals surface area contributed by atoms with Crippen molar-refractivity contribution in [3.63, 3.8) is 0 Å². The number of sulfonamides is 1. The van der Waals surface area contributed by atoms with Crippen molar-refractivity contribution in [2.75, 3.05) is 17.2 Å². The Labute approximate surface area is 193 Å². The standard InChI is InChI=1S/C24H25N3O5S/c1-17(19-6-4-3-5-7-19)27-33(30,31)23-14-12-22(13-15-23)32-16-24(29)26-21-10-8-20(9-11-21)25-18(2)28/h3-15,17,27H,16H2,1-2H3,(H,25,28)(H,26,29)/t17-/m0/s1. The zero-order chi connectivity index (χ0) is 23.8. The molecule has 3 aromatic rings. The maximum absolute atomic E-state index is 12.6. The molecule has 0 spiro atoms. The number of carbonyl (C=O) groups excluding carboxylic acids is 2. The Hall–Kier alpha value is -3.69. The molecular formula is C24H25N3O5S. The number of carbonyl (C=O) groups is 2. The van der Waals surface area contributed by atoms with Crippen LogP contribution >= 0.6 is 0 Å². The fourth-order valence-electron chi connectivity index (χ4n) is 3.01. The largest absolute Gasteiger partial charge is 0.484 e. The normalized spacial score (nSPS) is 11.9. The lowest BCUT2D eigenvalue weighted by Crippen LogP contribution is -2.26. The number of benzene rings is 3. The van der Waals surface area contributed by atoms with E-state index in [1.807, 2.05) is 30.3 Å². The minimum absolute atomic E-state index is 0.0985. The predicted molar refractivity (Wildman–Crippen MR) is 126 cm³/mol. The molecule has 0 bridgehead atoms. The first-order valence-electron chi connectivity index (χ1n) is 10.2. The second kappa shape index (κ2) is 10.8. The monoisotopic (exact) mass is 467 g/mol. The molecule has 0 saturated carbocycles. The molecule has 8 nitrogen and oxygen atoms in total. The lowest BCUT2D eigenvalue weighted by Gasteiger charge is -2.15. The Morgan fingerprint density at radius 2 is 1.42 bits per heavy atom. The molecule has 2 amide bonds. The first-order valence-corrected chi connectivity index (χ1v) is 11.7. The third-order valence-corrected chi connectivity index (χ3v) is 6.18. The Morgan fingerprint density at radius 3 is 2.00 bits per heavy atom. The highest BCUT2D eigenvalue weighted by Gasteiger charge is 2.18. The summed E-state index contributed by atoms with van der Waals surface area (Å²) in [4.78, 5) is 23.3. The van der Waals surface area contributed by atoms with Gasteiger partial charge in [0, 0.05) is 24.3 Å². The molecule has 33 heavy (non-hydrogen) atoms. The molecule has 3 rings (SSSR count). The fraction of sp³-hybridized carbons (Fsp3) is 0.167. The van der Waals surface area contributed by atoms with Crippen molar-refractivity contribution in [2.45, 2.75) is 24.8 Å². The van der Waals surface area contributed by atoms with Crippen molar-refractivity contribution in [1.29, 1.82) is 0 Å². The van der Waals surface area contributed by atoms with Crippen LogP contribution in [0.4, 0.5) is 11.4 Å². The Morgan fingerprint density at radius 1 is 0.848 bits per heavy atom. The smallest absolute Gasteiger partial charge is 0.262 e. The van der Waals surface area contributed by atoms with E-state index in [9.17, 15) is 18.0 Å². The summed E-state index contributed by atoms with van der Waals surface area (Å²) < 4.78 is 33.4. The summed E-state index contributed by atoms with van der Waals surface area (Å²) in [5, 5.41) is 5.32. The maximum Gasteiger partial charge on any atom is 0.262 e. The first-order chi connectivity index (χ1) is 15.7. The van der Waals surface area contributed by atoms with Gasteiger partial charge in [0.15, 0.2) is 6.61 Å². The van der Waals surface area contributed by atoms with Gasteiger partial charge in [-0.1, -0.05) is 30.3 Å². The fourth-order valence-corrected chi connectivity index (χ4v) is 4.24. The average Bonchev–Trinajstić information content (AvgIpc) is 2.79. The topological polar surface area (TPSA) is 114 Å². The summed E-state index contributed by atoms with van der Waals surface area (Å²) in [5.74, 6) is -0.195. The highest BCUT2D eigenvalue weighted by atomic mass is 32.2. The molecule has 0 aliphatic carbocycles. The van der Waals surface area contributed by atoms with Crippen LogP contribution in [0.5, 0.6) is 5.75 Å². The molecule has 0 fully saturated rings. The van der Waals surface area contributed by atoms with Crippen LogP contribution in [0.15, 0.2) is 83.8 Å². The van der Waals surface area contributed by atoms with Crippen molar-refractivity contribution in [2.24, 2.45) is 0 Å². The van der Waals surface area contributed by atoms with E-state index in [1.54, 1.807) is 31.2 Å². The van der Waals surface area contributed by atoms with E-state index in [1.165, 1.54) is 31.2 Å². The van der Waals surface area contributed by atoms with Crippen molar-refractivity contribution in [3.8, 4) is 5.75 Å². The molecule has 0 aliphatic heterocycles. The van der Waals surface area contributed by atoms with Gasteiger partial charge < -0.3 is 15.4 Å². The van der Waals surface area contributed by atoms with E-state index in [4.69, 9.17) is 4.74 Å². The summed E-state index contributed by atoms with van der Waals surface area (Å²) in [5.41, 5.74) is 2.04. The van der Waals surface area contributed by atoms with Crippen LogP contribution in [-0.2, 0) is 19.6 Å². The molecule has 0 aromatic heterocycles. The van der Waals surface area contributed by atoms with Crippen LogP contribution in [0.3, 0.4) is 0 Å². The zero-order valence-corrected chi connectivity index (χ0v) is 19.1. The van der Waals surface area contributed by atoms with Crippen molar-refractivity contribution in [3.05, 3.63) is 84.4 Å². The van der Waals surface area contributed by atoms with Crippen LogP contribution in [0, 0.1) is 0 Å². The Kier molecular flexibility index (Phi) is 7.81. The molecular weight excluding hydrogens is 442 g/mol. The summed E-state index contributed by atoms with van der Waals surface area (Å²) in [7, 11) is -3.72. The van der Waals surface area contributed by atoms with Gasteiger partial charge in [0.25, 0.3) is 5.91 Å². The number of anilines is 2. The van der Waals surface area contributed by atoms with E-state index in [2.05, 4.69) is 15.4 Å². The van der Waals surface area contributed by atoms with Crippen LogP contribution in [0.2, 0.25) is 0 Å². The predicted octanol–water partition coefficient (Wildman–Crippen LogP) is 3.70. The van der Waals surface area contributed by atoms with E-state index < -0.39 is 10.0 Å². The third kappa shape index (κ3) is 7.16. The van der Waals surface area contributed by atoms with Crippen molar-refractivity contribution in [1.82, 2.24) is 4.72 Å². The number of amides is 2. The Bertz CT molecular complexity index is 1200. The van der Waals surface area contributed by atoms with Gasteiger partial charge in [-0.05, 0) is 61.0 Å². The van der Waals surface area contributed by atoms with Crippen LogP contribution in [0.25, 0.3) is 0 Å². The molecule has 3 N–H and O–H groups in total. The van der Waals surface area contributed by atoms with Gasteiger partial charge in [-0.25, -0.2) is 13.1 Å². The summed E-state index contributed by atoms with van der Waals surface area (Å²) >= 11 is 0. The third-order valence-electron chi connectivity index (χ3n) is 4.62. The van der Waals surface area contributed by atoms with Gasteiger partial charge in [-0.3, -0.25) is 9.59 Å². The highest BCUT2D eigenvalue weighted by Crippen LogP contribution is 2.20. The Balaban J connectivity index is 1.52. The molecule has 0 saturated heterocycles. The van der Waals surface area contributed by atoms with E-state index in [-0.39, 0.29) is 29.4 Å². The molecule has 172 valence electrons. The molecule has 1 atom stereocenters. The average molecular weight is 468 g/mol. The van der Waals surface area contributed by atoms with Crippen molar-refractivity contribution < 1.29 is 22.7 Å². The van der Waals surface area contributed by atoms with Crippen LogP contribution in [0.1, 0.15) is 25.5 Å². The number of hydrogen-bond donors (Lipinski definition) is 3. The van der Waals surface area contributed by atoms with Gasteiger partial charge in [0.2, 0.25) is 15.9 Å². The van der Waals surface area contributed by atoms with Gasteiger partial charge in [-0.2, -0.15) is 0 Å². The second-order valence-electron chi connectivity index (χ2n) is 7.32. The van der Waals surface area contributed by atoms with Crippen LogP contribution in [-0.4, -0.2) is 26.8 Å². The van der Waals surface area contributed by atoms with Gasteiger partial charge in [-0.15, -0.1) is 0 Å². The van der Waals surface area contributed by atoms with Gasteiger partial charge >= 0.3 is 0 Å². The van der Waals surface area contributed by atoms with E-state index in [0.717, 1.165) is 5.56 Å². The molecule has 9 heteroatoms. The lowest BCUT2D eigenvalue weighted by molar-refractivity contribution is -0.118. The minimum atomic E-state index is -3.72. The summed E-state index contributed by atoms with van der Waals surface area (Å²) in [6, 6.07) is 21.4. The second-order valence-corrected chi connectivity index (χ2v) is 9.03. The van der Waals surface area contributed by atoms with E-state index in [0.29, 0.717) is 17.1 Å². The van der Waals surface area contributed by atoms with Crippen molar-refractivity contribution >= 4 is 33.2 Å². The first kappa shape index (κ1) is 24.0. The maximum atomic E-state index is 12.6. The number of rotatable bonds is 9. The lowest BCUT2D eigenvalue weighted by atomic mass is 10.1. The summed E-state index contributed by atoms with van der Waals surface area (Å²) in [6.07, 6.45) is 0. The number of hydrogen-bond acceptors (Lipinski definition) is 5. The number of nitrogens with one attached hydrogen (secondary N) is 3. The number of ether oxygens (including phenoxy) is 1. The highest BCUT2D eigenvalue weighted by molar-refractivity contribution is 7.89. The molecule has 3 aromatic carbocycles. The van der Waals surface area contributed by atoms with Gasteiger partial charge in [0.05, 0.1) is 4.90 Å². The molecule has 0 heterocycles.